The van der Waals surface area contributed by atoms with Gasteiger partial charge in [-0.05, 0) is 13.3 Å². The molecule has 0 aromatic carbocycles. The number of hydrogen-bond donors (Lipinski definition) is 0. The Balaban J connectivity index is 2.56. The van der Waals surface area contributed by atoms with E-state index in [0.29, 0.717) is 5.15 Å². The maximum Gasteiger partial charge on any atom is 0.146 e. The fraction of sp³-hybridized carbons (Fsp3) is 0.364. The number of halogens is 1. The van der Waals surface area contributed by atoms with E-state index in [4.69, 9.17) is 11.6 Å². The average molecular weight is 237 g/mol. The largest absolute Gasteiger partial charge is 0.288 e. The molecule has 5 heteroatoms. The van der Waals surface area contributed by atoms with E-state index in [0.717, 1.165) is 30.0 Å². The molecule has 0 atom stereocenters. The van der Waals surface area contributed by atoms with Crippen LogP contribution >= 0.6 is 11.6 Å². The molecule has 2 aromatic heterocycles. The number of imidazole rings is 1. The number of rotatable bonds is 3. The van der Waals surface area contributed by atoms with Crippen molar-refractivity contribution in [3.8, 4) is 5.82 Å². The van der Waals surface area contributed by atoms with Crippen molar-refractivity contribution in [1.82, 2.24) is 19.5 Å². The molecule has 0 aliphatic rings. The maximum absolute atomic E-state index is 6.09. The van der Waals surface area contributed by atoms with Gasteiger partial charge in [-0.1, -0.05) is 24.9 Å². The Morgan fingerprint density at radius 3 is 2.75 bits per heavy atom. The molecule has 0 radical (unpaired) electrons. The topological polar surface area (TPSA) is 43.6 Å². The van der Waals surface area contributed by atoms with Crippen LogP contribution in [0.4, 0.5) is 0 Å². The smallest absolute Gasteiger partial charge is 0.146 e. The van der Waals surface area contributed by atoms with Gasteiger partial charge < -0.3 is 0 Å². The van der Waals surface area contributed by atoms with E-state index in [1.807, 2.05) is 17.7 Å². The van der Waals surface area contributed by atoms with Crippen molar-refractivity contribution >= 4 is 11.6 Å². The highest BCUT2D eigenvalue weighted by molar-refractivity contribution is 6.30. The summed E-state index contributed by atoms with van der Waals surface area (Å²) >= 11 is 6.09. The van der Waals surface area contributed by atoms with E-state index in [1.54, 1.807) is 6.20 Å². The average Bonchev–Trinajstić information content (AvgIpc) is 2.68. The molecule has 0 unspecified atom stereocenters. The van der Waals surface area contributed by atoms with Crippen LogP contribution in [0.25, 0.3) is 5.82 Å². The molecule has 0 N–H and O–H groups in total. The first kappa shape index (κ1) is 11.1. The zero-order valence-electron chi connectivity index (χ0n) is 9.31. The number of aryl methyl sites for hydroxylation is 1. The van der Waals surface area contributed by atoms with Gasteiger partial charge in [-0.2, -0.15) is 0 Å². The van der Waals surface area contributed by atoms with Gasteiger partial charge >= 0.3 is 0 Å². The SMILES string of the molecule is CCCc1c(Cl)ncnc1-n1ccnc1C. The molecule has 2 aromatic rings. The molecule has 2 rings (SSSR count). The first-order chi connectivity index (χ1) is 7.74. The van der Waals surface area contributed by atoms with Gasteiger partial charge in [0.15, 0.2) is 0 Å². The normalized spacial score (nSPS) is 10.7. The second-order valence-corrected chi connectivity index (χ2v) is 3.92. The van der Waals surface area contributed by atoms with Crippen LogP contribution in [0.2, 0.25) is 5.15 Å². The van der Waals surface area contributed by atoms with Gasteiger partial charge in [0.05, 0.1) is 0 Å². The Labute approximate surface area is 99.3 Å². The van der Waals surface area contributed by atoms with Gasteiger partial charge in [0.1, 0.15) is 23.1 Å². The third kappa shape index (κ3) is 1.93. The lowest BCUT2D eigenvalue weighted by molar-refractivity contribution is 0.845. The second-order valence-electron chi connectivity index (χ2n) is 3.56. The van der Waals surface area contributed by atoms with Crippen molar-refractivity contribution in [1.29, 1.82) is 0 Å². The van der Waals surface area contributed by atoms with Crippen LogP contribution < -0.4 is 0 Å². The molecular weight excluding hydrogens is 224 g/mol. The van der Waals surface area contributed by atoms with Gasteiger partial charge in [0, 0.05) is 18.0 Å². The molecule has 0 bridgehead atoms. The summed E-state index contributed by atoms with van der Waals surface area (Å²) in [6.45, 7) is 4.04. The van der Waals surface area contributed by atoms with Crippen molar-refractivity contribution in [2.45, 2.75) is 26.7 Å². The highest BCUT2D eigenvalue weighted by atomic mass is 35.5. The van der Waals surface area contributed by atoms with Crippen LogP contribution in [-0.2, 0) is 6.42 Å². The van der Waals surface area contributed by atoms with E-state index in [-0.39, 0.29) is 0 Å². The molecule has 84 valence electrons. The Hall–Kier alpha value is -1.42. The van der Waals surface area contributed by atoms with Crippen LogP contribution in [0.15, 0.2) is 18.7 Å². The summed E-state index contributed by atoms with van der Waals surface area (Å²) in [6, 6.07) is 0. The zero-order chi connectivity index (χ0) is 11.5. The Morgan fingerprint density at radius 2 is 2.12 bits per heavy atom. The lowest BCUT2D eigenvalue weighted by atomic mass is 10.2. The van der Waals surface area contributed by atoms with E-state index >= 15 is 0 Å². The summed E-state index contributed by atoms with van der Waals surface area (Å²) in [5, 5.41) is 0.528. The van der Waals surface area contributed by atoms with Crippen LogP contribution in [0.5, 0.6) is 0 Å². The minimum absolute atomic E-state index is 0.528. The van der Waals surface area contributed by atoms with E-state index in [2.05, 4.69) is 21.9 Å². The molecule has 4 nitrogen and oxygen atoms in total. The summed E-state index contributed by atoms with van der Waals surface area (Å²) in [5.74, 6) is 1.73. The standard InChI is InChI=1S/C11H13ClN4/c1-3-4-9-10(12)14-7-15-11(9)16-6-5-13-8(16)2/h5-7H,3-4H2,1-2H3. The molecular formula is C11H13ClN4. The van der Waals surface area contributed by atoms with Crippen molar-refractivity contribution in [3.05, 3.63) is 35.3 Å². The highest BCUT2D eigenvalue weighted by Crippen LogP contribution is 2.21. The molecule has 0 aliphatic carbocycles. The molecule has 0 saturated heterocycles. The Morgan fingerprint density at radius 1 is 1.31 bits per heavy atom. The van der Waals surface area contributed by atoms with Gasteiger partial charge in [0.2, 0.25) is 0 Å². The van der Waals surface area contributed by atoms with Crippen LogP contribution in [0.3, 0.4) is 0 Å². The fourth-order valence-electron chi connectivity index (χ4n) is 1.66. The monoisotopic (exact) mass is 236 g/mol. The predicted molar refractivity (Wildman–Crippen MR) is 62.9 cm³/mol. The third-order valence-corrected chi connectivity index (χ3v) is 2.75. The lowest BCUT2D eigenvalue weighted by Crippen LogP contribution is -2.05. The first-order valence-electron chi connectivity index (χ1n) is 5.23. The quantitative estimate of drug-likeness (QED) is 0.770. The summed E-state index contributed by atoms with van der Waals surface area (Å²) in [7, 11) is 0. The molecule has 16 heavy (non-hydrogen) atoms. The first-order valence-corrected chi connectivity index (χ1v) is 5.61. The van der Waals surface area contributed by atoms with Crippen molar-refractivity contribution in [2.24, 2.45) is 0 Å². The maximum atomic E-state index is 6.09. The molecule has 0 fully saturated rings. The van der Waals surface area contributed by atoms with E-state index < -0.39 is 0 Å². The summed E-state index contributed by atoms with van der Waals surface area (Å²) < 4.78 is 1.93. The van der Waals surface area contributed by atoms with Crippen LogP contribution in [-0.4, -0.2) is 19.5 Å². The summed E-state index contributed by atoms with van der Waals surface area (Å²) in [4.78, 5) is 12.5. The summed E-state index contributed by atoms with van der Waals surface area (Å²) in [6.07, 6.45) is 6.99. The van der Waals surface area contributed by atoms with E-state index in [1.165, 1.54) is 6.33 Å². The fourth-order valence-corrected chi connectivity index (χ4v) is 1.88. The van der Waals surface area contributed by atoms with Gasteiger partial charge in [-0.3, -0.25) is 4.57 Å². The van der Waals surface area contributed by atoms with Crippen molar-refractivity contribution < 1.29 is 0 Å². The minimum atomic E-state index is 0.528. The minimum Gasteiger partial charge on any atom is -0.288 e. The number of nitrogens with zero attached hydrogens (tertiary/aromatic N) is 4. The van der Waals surface area contributed by atoms with E-state index in [9.17, 15) is 0 Å². The second kappa shape index (κ2) is 4.61. The van der Waals surface area contributed by atoms with Crippen LogP contribution in [0, 0.1) is 6.92 Å². The van der Waals surface area contributed by atoms with Gasteiger partial charge in [0.25, 0.3) is 0 Å². The zero-order valence-corrected chi connectivity index (χ0v) is 10.1. The number of hydrogen-bond acceptors (Lipinski definition) is 3. The lowest BCUT2D eigenvalue weighted by Gasteiger charge is -2.10. The molecule has 0 amide bonds. The van der Waals surface area contributed by atoms with Crippen molar-refractivity contribution in [3.63, 3.8) is 0 Å². The van der Waals surface area contributed by atoms with Gasteiger partial charge in [-0.15, -0.1) is 0 Å². The number of aromatic nitrogens is 4. The summed E-state index contributed by atoms with van der Waals surface area (Å²) in [5.41, 5.74) is 0.979. The van der Waals surface area contributed by atoms with Gasteiger partial charge in [-0.25, -0.2) is 15.0 Å². The Bertz CT molecular complexity index is 492. The van der Waals surface area contributed by atoms with Crippen molar-refractivity contribution in [2.75, 3.05) is 0 Å². The molecule has 0 aliphatic heterocycles. The predicted octanol–water partition coefficient (Wildman–Crippen LogP) is 2.58. The van der Waals surface area contributed by atoms with Crippen LogP contribution in [0.1, 0.15) is 24.7 Å². The molecule has 2 heterocycles. The third-order valence-electron chi connectivity index (χ3n) is 2.42. The molecule has 0 saturated carbocycles. The molecule has 0 spiro atoms. The highest BCUT2D eigenvalue weighted by Gasteiger charge is 2.11. The Kier molecular flexibility index (Phi) is 3.19.